The van der Waals surface area contributed by atoms with Crippen molar-refractivity contribution in [1.82, 2.24) is 0 Å². The highest BCUT2D eigenvalue weighted by molar-refractivity contribution is 9.08. The predicted molar refractivity (Wildman–Crippen MR) is 67.2 cm³/mol. The van der Waals surface area contributed by atoms with Crippen LogP contribution in [0.4, 0.5) is 10.1 Å². The fourth-order valence-electron chi connectivity index (χ4n) is 1.75. The molecule has 84 valence electrons. The molecule has 0 atom stereocenters. The van der Waals surface area contributed by atoms with Gasteiger partial charge in [0.15, 0.2) is 0 Å². The Morgan fingerprint density at radius 1 is 1.40 bits per heavy atom. The molecule has 0 spiro atoms. The van der Waals surface area contributed by atoms with Gasteiger partial charge in [0.2, 0.25) is 0 Å². The number of anilines is 1. The predicted octanol–water partition coefficient (Wildman–Crippen LogP) is 3.96. The second-order valence-electron chi connectivity index (χ2n) is 3.79. The molecule has 0 aliphatic heterocycles. The minimum Gasteiger partial charge on any atom is -0.369 e. The standard InChI is InChI=1S/C12H17BrFN/c1-4-15(9(2)3)12-6-5-11(14)7-10(12)8-13/h5-7,9H,4,8H2,1-3H3. The molecule has 3 heteroatoms. The Morgan fingerprint density at radius 2 is 2.07 bits per heavy atom. The number of rotatable bonds is 4. The summed E-state index contributed by atoms with van der Waals surface area (Å²) in [7, 11) is 0. The van der Waals surface area contributed by atoms with Crippen molar-refractivity contribution in [3.8, 4) is 0 Å². The maximum absolute atomic E-state index is 13.1. The monoisotopic (exact) mass is 273 g/mol. The molecule has 15 heavy (non-hydrogen) atoms. The molecule has 0 aliphatic rings. The van der Waals surface area contributed by atoms with Crippen molar-refractivity contribution in [3.63, 3.8) is 0 Å². The Balaban J connectivity index is 3.11. The van der Waals surface area contributed by atoms with E-state index in [0.717, 1.165) is 17.8 Å². The molecular weight excluding hydrogens is 257 g/mol. The van der Waals surface area contributed by atoms with E-state index in [0.29, 0.717) is 11.4 Å². The summed E-state index contributed by atoms with van der Waals surface area (Å²) in [5, 5.41) is 0.684. The van der Waals surface area contributed by atoms with Gasteiger partial charge in [-0.15, -0.1) is 0 Å². The van der Waals surface area contributed by atoms with E-state index in [2.05, 4.69) is 41.6 Å². The number of alkyl halides is 1. The third-order valence-electron chi connectivity index (χ3n) is 2.46. The van der Waals surface area contributed by atoms with Gasteiger partial charge in [-0.1, -0.05) is 15.9 Å². The average molecular weight is 274 g/mol. The van der Waals surface area contributed by atoms with Crippen LogP contribution in [0.3, 0.4) is 0 Å². The fourth-order valence-corrected chi connectivity index (χ4v) is 2.20. The van der Waals surface area contributed by atoms with Gasteiger partial charge >= 0.3 is 0 Å². The van der Waals surface area contributed by atoms with Gasteiger partial charge in [-0.25, -0.2) is 4.39 Å². The number of halogens is 2. The van der Waals surface area contributed by atoms with Gasteiger partial charge < -0.3 is 4.90 Å². The van der Waals surface area contributed by atoms with E-state index in [1.807, 2.05) is 6.07 Å². The lowest BCUT2D eigenvalue weighted by Crippen LogP contribution is -2.31. The summed E-state index contributed by atoms with van der Waals surface area (Å²) in [6.07, 6.45) is 0. The van der Waals surface area contributed by atoms with Crippen LogP contribution in [0.15, 0.2) is 18.2 Å². The zero-order valence-corrected chi connectivity index (χ0v) is 11.0. The summed E-state index contributed by atoms with van der Waals surface area (Å²) in [5.41, 5.74) is 2.12. The summed E-state index contributed by atoms with van der Waals surface area (Å²) < 4.78 is 13.1. The quantitative estimate of drug-likeness (QED) is 0.751. The van der Waals surface area contributed by atoms with Crippen molar-refractivity contribution >= 4 is 21.6 Å². The fraction of sp³-hybridized carbons (Fsp3) is 0.500. The Morgan fingerprint density at radius 3 is 2.53 bits per heavy atom. The first-order chi connectivity index (χ1) is 7.10. The van der Waals surface area contributed by atoms with Crippen LogP contribution in [-0.4, -0.2) is 12.6 Å². The summed E-state index contributed by atoms with van der Waals surface area (Å²) >= 11 is 3.40. The van der Waals surface area contributed by atoms with Gasteiger partial charge in [0, 0.05) is 23.6 Å². The first kappa shape index (κ1) is 12.5. The maximum Gasteiger partial charge on any atom is 0.123 e. The van der Waals surface area contributed by atoms with Gasteiger partial charge in [-0.05, 0) is 44.5 Å². The molecule has 0 saturated heterocycles. The summed E-state index contributed by atoms with van der Waals surface area (Å²) in [6.45, 7) is 7.33. The van der Waals surface area contributed by atoms with Crippen LogP contribution < -0.4 is 4.90 Å². The molecule has 0 unspecified atom stereocenters. The van der Waals surface area contributed by atoms with E-state index in [-0.39, 0.29) is 5.82 Å². The maximum atomic E-state index is 13.1. The van der Waals surface area contributed by atoms with E-state index in [9.17, 15) is 4.39 Å². The first-order valence-electron chi connectivity index (χ1n) is 5.21. The summed E-state index contributed by atoms with van der Waals surface area (Å²) in [4.78, 5) is 2.26. The van der Waals surface area contributed by atoms with Crippen molar-refractivity contribution in [1.29, 1.82) is 0 Å². The average Bonchev–Trinajstić information content (AvgIpc) is 2.20. The third kappa shape index (κ3) is 2.94. The van der Waals surface area contributed by atoms with Crippen molar-refractivity contribution in [2.45, 2.75) is 32.1 Å². The molecule has 1 nitrogen and oxygen atoms in total. The van der Waals surface area contributed by atoms with E-state index >= 15 is 0 Å². The van der Waals surface area contributed by atoms with Gasteiger partial charge in [0.05, 0.1) is 0 Å². The second kappa shape index (κ2) is 5.50. The molecule has 0 radical (unpaired) electrons. The lowest BCUT2D eigenvalue weighted by molar-refractivity contribution is 0.624. The zero-order chi connectivity index (χ0) is 11.4. The van der Waals surface area contributed by atoms with Gasteiger partial charge in [0.1, 0.15) is 5.82 Å². The minimum atomic E-state index is -0.173. The van der Waals surface area contributed by atoms with E-state index in [1.54, 1.807) is 6.07 Å². The van der Waals surface area contributed by atoms with Crippen molar-refractivity contribution < 1.29 is 4.39 Å². The molecule has 0 saturated carbocycles. The zero-order valence-electron chi connectivity index (χ0n) is 9.43. The normalized spacial score (nSPS) is 10.8. The molecule has 0 amide bonds. The van der Waals surface area contributed by atoms with Crippen molar-refractivity contribution in [2.24, 2.45) is 0 Å². The molecule has 1 aromatic rings. The van der Waals surface area contributed by atoms with Crippen molar-refractivity contribution in [2.75, 3.05) is 11.4 Å². The molecule has 0 heterocycles. The van der Waals surface area contributed by atoms with Crippen LogP contribution in [-0.2, 0) is 5.33 Å². The summed E-state index contributed by atoms with van der Waals surface area (Å²) in [5.74, 6) is -0.173. The van der Waals surface area contributed by atoms with Crippen LogP contribution in [0.5, 0.6) is 0 Å². The van der Waals surface area contributed by atoms with E-state index in [1.165, 1.54) is 6.07 Å². The molecule has 0 bridgehead atoms. The second-order valence-corrected chi connectivity index (χ2v) is 4.35. The molecule has 1 aromatic carbocycles. The van der Waals surface area contributed by atoms with E-state index in [4.69, 9.17) is 0 Å². The SMILES string of the molecule is CCN(c1ccc(F)cc1CBr)C(C)C. The topological polar surface area (TPSA) is 3.24 Å². The highest BCUT2D eigenvalue weighted by Crippen LogP contribution is 2.25. The molecular formula is C12H17BrFN. The smallest absolute Gasteiger partial charge is 0.123 e. The Bertz CT molecular complexity index is 325. The van der Waals surface area contributed by atoms with Gasteiger partial charge in [-0.2, -0.15) is 0 Å². The lowest BCUT2D eigenvalue weighted by Gasteiger charge is -2.29. The molecule has 1 rings (SSSR count). The van der Waals surface area contributed by atoms with Crippen LogP contribution in [0.25, 0.3) is 0 Å². The first-order valence-corrected chi connectivity index (χ1v) is 6.33. The molecule has 0 aromatic heterocycles. The van der Waals surface area contributed by atoms with Crippen molar-refractivity contribution in [3.05, 3.63) is 29.6 Å². The largest absolute Gasteiger partial charge is 0.369 e. The lowest BCUT2D eigenvalue weighted by atomic mass is 10.1. The Kier molecular flexibility index (Phi) is 4.58. The molecule has 0 aliphatic carbocycles. The third-order valence-corrected chi connectivity index (χ3v) is 3.06. The minimum absolute atomic E-state index is 0.173. The highest BCUT2D eigenvalue weighted by Gasteiger charge is 2.12. The Labute approximate surface area is 99.4 Å². The van der Waals surface area contributed by atoms with Crippen LogP contribution >= 0.6 is 15.9 Å². The Hall–Kier alpha value is -0.570. The van der Waals surface area contributed by atoms with Crippen LogP contribution in [0.2, 0.25) is 0 Å². The number of nitrogens with zero attached hydrogens (tertiary/aromatic N) is 1. The molecule has 0 N–H and O–H groups in total. The molecule has 0 fully saturated rings. The number of benzene rings is 1. The van der Waals surface area contributed by atoms with Gasteiger partial charge in [-0.3, -0.25) is 0 Å². The van der Waals surface area contributed by atoms with Crippen LogP contribution in [0.1, 0.15) is 26.3 Å². The van der Waals surface area contributed by atoms with Crippen LogP contribution in [0, 0.1) is 5.82 Å². The van der Waals surface area contributed by atoms with Gasteiger partial charge in [0.25, 0.3) is 0 Å². The number of hydrogen-bond acceptors (Lipinski definition) is 1. The summed E-state index contributed by atoms with van der Waals surface area (Å²) in [6, 6.07) is 5.40. The van der Waals surface area contributed by atoms with E-state index < -0.39 is 0 Å². The number of hydrogen-bond donors (Lipinski definition) is 0. The highest BCUT2D eigenvalue weighted by atomic mass is 79.9.